The first-order chi connectivity index (χ1) is 8.72. The third kappa shape index (κ3) is 4.48. The molecule has 0 atom stereocenters. The van der Waals surface area contributed by atoms with Gasteiger partial charge in [0, 0.05) is 13.7 Å². The second-order valence-electron chi connectivity index (χ2n) is 3.67. The molecule has 0 heterocycles. The van der Waals surface area contributed by atoms with Crippen LogP contribution in [-0.2, 0) is 11.3 Å². The second kappa shape index (κ2) is 8.34. The number of benzene rings is 1. The van der Waals surface area contributed by atoms with Crippen molar-refractivity contribution in [2.24, 2.45) is 0 Å². The van der Waals surface area contributed by atoms with E-state index in [1.54, 1.807) is 7.11 Å². The largest absolute Gasteiger partial charge is 0.490 e. The Balaban J connectivity index is 2.93. The molecule has 4 nitrogen and oxygen atoms in total. The van der Waals surface area contributed by atoms with Gasteiger partial charge in [0.1, 0.15) is 0 Å². The summed E-state index contributed by atoms with van der Waals surface area (Å²) < 4.78 is 16.9. The van der Waals surface area contributed by atoms with Gasteiger partial charge in [-0.05, 0) is 47.1 Å². The van der Waals surface area contributed by atoms with Crippen LogP contribution in [0.2, 0.25) is 0 Å². The van der Waals surface area contributed by atoms with Crippen molar-refractivity contribution in [3.8, 4) is 11.5 Å². The van der Waals surface area contributed by atoms with Gasteiger partial charge in [-0.25, -0.2) is 0 Å². The fraction of sp³-hybridized carbons (Fsp3) is 0.538. The van der Waals surface area contributed by atoms with Gasteiger partial charge in [0.15, 0.2) is 18.3 Å². The first kappa shape index (κ1) is 15.3. The fourth-order valence-corrected chi connectivity index (χ4v) is 2.12. The van der Waals surface area contributed by atoms with Gasteiger partial charge in [0.2, 0.25) is 0 Å². The van der Waals surface area contributed by atoms with Crippen LogP contribution in [0.4, 0.5) is 0 Å². The first-order valence-electron chi connectivity index (χ1n) is 6.00. The Hall–Kier alpha value is -0.780. The molecule has 0 bridgehead atoms. The summed E-state index contributed by atoms with van der Waals surface area (Å²) in [7, 11) is 1.59. The first-order valence-corrected chi connectivity index (χ1v) is 6.79. The summed E-state index contributed by atoms with van der Waals surface area (Å²) in [6, 6.07) is 4.01. The van der Waals surface area contributed by atoms with E-state index in [1.165, 1.54) is 0 Å². The van der Waals surface area contributed by atoms with Gasteiger partial charge >= 0.3 is 0 Å². The van der Waals surface area contributed by atoms with Gasteiger partial charge in [-0.1, -0.05) is 6.92 Å². The van der Waals surface area contributed by atoms with Crippen LogP contribution in [0.3, 0.4) is 0 Å². The van der Waals surface area contributed by atoms with Gasteiger partial charge < -0.3 is 19.5 Å². The van der Waals surface area contributed by atoms with Crippen molar-refractivity contribution in [1.29, 1.82) is 0 Å². The SMILES string of the molecule is CCNCc1cc(Br)c(OCOC)c(OCC)c1. The molecule has 0 aliphatic rings. The van der Waals surface area contributed by atoms with Crippen LogP contribution < -0.4 is 14.8 Å². The zero-order valence-electron chi connectivity index (χ0n) is 11.1. The van der Waals surface area contributed by atoms with Crippen LogP contribution in [0.25, 0.3) is 0 Å². The number of hydrogen-bond acceptors (Lipinski definition) is 4. The molecule has 0 aromatic heterocycles. The van der Waals surface area contributed by atoms with Crippen molar-refractivity contribution in [3.05, 3.63) is 22.2 Å². The van der Waals surface area contributed by atoms with E-state index in [0.717, 1.165) is 28.9 Å². The lowest BCUT2D eigenvalue weighted by Crippen LogP contribution is -2.12. The van der Waals surface area contributed by atoms with Crippen LogP contribution in [0.5, 0.6) is 11.5 Å². The standard InChI is InChI=1S/C13H20BrNO3/c1-4-15-8-10-6-11(14)13(18-9-16-3)12(7-10)17-5-2/h6-7,15H,4-5,8-9H2,1-3H3. The van der Waals surface area contributed by atoms with E-state index in [1.807, 2.05) is 19.1 Å². The van der Waals surface area contributed by atoms with E-state index in [4.69, 9.17) is 14.2 Å². The predicted octanol–water partition coefficient (Wildman–Crippen LogP) is 2.94. The van der Waals surface area contributed by atoms with Gasteiger partial charge in [0.25, 0.3) is 0 Å². The monoisotopic (exact) mass is 317 g/mol. The number of nitrogens with one attached hydrogen (secondary N) is 1. The van der Waals surface area contributed by atoms with Crippen LogP contribution in [0.1, 0.15) is 19.4 Å². The molecule has 1 rings (SSSR count). The number of hydrogen-bond donors (Lipinski definition) is 1. The smallest absolute Gasteiger partial charge is 0.188 e. The number of methoxy groups -OCH3 is 1. The van der Waals surface area contributed by atoms with Crippen molar-refractivity contribution < 1.29 is 14.2 Å². The Morgan fingerprint density at radius 1 is 1.22 bits per heavy atom. The van der Waals surface area contributed by atoms with Crippen molar-refractivity contribution in [2.45, 2.75) is 20.4 Å². The van der Waals surface area contributed by atoms with Crippen LogP contribution in [0, 0.1) is 0 Å². The molecule has 102 valence electrons. The highest BCUT2D eigenvalue weighted by Gasteiger charge is 2.12. The van der Waals surface area contributed by atoms with Crippen LogP contribution in [-0.4, -0.2) is 27.1 Å². The van der Waals surface area contributed by atoms with Gasteiger partial charge in [-0.2, -0.15) is 0 Å². The summed E-state index contributed by atoms with van der Waals surface area (Å²) in [6.45, 7) is 6.56. The van der Waals surface area contributed by atoms with E-state index < -0.39 is 0 Å². The number of ether oxygens (including phenoxy) is 3. The molecule has 1 aromatic carbocycles. The third-order valence-electron chi connectivity index (χ3n) is 2.27. The minimum Gasteiger partial charge on any atom is -0.490 e. The van der Waals surface area contributed by atoms with E-state index in [9.17, 15) is 0 Å². The third-order valence-corrected chi connectivity index (χ3v) is 2.86. The topological polar surface area (TPSA) is 39.7 Å². The van der Waals surface area contributed by atoms with Crippen molar-refractivity contribution in [1.82, 2.24) is 5.32 Å². The Morgan fingerprint density at radius 3 is 2.61 bits per heavy atom. The van der Waals surface area contributed by atoms with Crippen molar-refractivity contribution in [2.75, 3.05) is 27.1 Å². The van der Waals surface area contributed by atoms with E-state index in [-0.39, 0.29) is 6.79 Å². The molecular weight excluding hydrogens is 298 g/mol. The van der Waals surface area contributed by atoms with Gasteiger partial charge in [-0.3, -0.25) is 0 Å². The Bertz CT molecular complexity index is 371. The average Bonchev–Trinajstić information content (AvgIpc) is 2.36. The summed E-state index contributed by atoms with van der Waals surface area (Å²) >= 11 is 3.50. The Labute approximate surface area is 117 Å². The molecule has 18 heavy (non-hydrogen) atoms. The highest BCUT2D eigenvalue weighted by Crippen LogP contribution is 2.36. The summed E-state index contributed by atoms with van der Waals surface area (Å²) in [5, 5.41) is 3.28. The zero-order valence-corrected chi connectivity index (χ0v) is 12.7. The van der Waals surface area contributed by atoms with Crippen LogP contribution in [0.15, 0.2) is 16.6 Å². The van der Waals surface area contributed by atoms with Gasteiger partial charge in [-0.15, -0.1) is 0 Å². The molecule has 0 saturated carbocycles. The van der Waals surface area contributed by atoms with Gasteiger partial charge in [0.05, 0.1) is 11.1 Å². The molecule has 0 aliphatic heterocycles. The lowest BCUT2D eigenvalue weighted by atomic mass is 10.2. The highest BCUT2D eigenvalue weighted by molar-refractivity contribution is 9.10. The second-order valence-corrected chi connectivity index (χ2v) is 4.52. The lowest BCUT2D eigenvalue weighted by Gasteiger charge is -2.15. The molecule has 1 aromatic rings. The molecule has 1 N–H and O–H groups in total. The van der Waals surface area contributed by atoms with Crippen molar-refractivity contribution in [3.63, 3.8) is 0 Å². The Kier molecular flexibility index (Phi) is 7.08. The quantitative estimate of drug-likeness (QED) is 0.748. The average molecular weight is 318 g/mol. The normalized spacial score (nSPS) is 10.4. The maximum Gasteiger partial charge on any atom is 0.188 e. The summed E-state index contributed by atoms with van der Waals surface area (Å²) in [6.07, 6.45) is 0. The summed E-state index contributed by atoms with van der Waals surface area (Å²) in [4.78, 5) is 0. The number of rotatable bonds is 8. The molecule has 0 radical (unpaired) electrons. The maximum absolute atomic E-state index is 5.60. The molecule has 5 heteroatoms. The number of halogens is 1. The van der Waals surface area contributed by atoms with Crippen LogP contribution >= 0.6 is 15.9 Å². The molecule has 0 amide bonds. The highest BCUT2D eigenvalue weighted by atomic mass is 79.9. The van der Waals surface area contributed by atoms with Crippen molar-refractivity contribution >= 4 is 15.9 Å². The molecule has 0 aliphatic carbocycles. The van der Waals surface area contributed by atoms with E-state index in [0.29, 0.717) is 12.4 Å². The summed E-state index contributed by atoms with van der Waals surface area (Å²) in [5.74, 6) is 1.41. The molecule has 0 unspecified atom stereocenters. The maximum atomic E-state index is 5.60. The lowest BCUT2D eigenvalue weighted by molar-refractivity contribution is 0.0481. The van der Waals surface area contributed by atoms with E-state index >= 15 is 0 Å². The molecule has 0 fully saturated rings. The predicted molar refractivity (Wildman–Crippen MR) is 75.2 cm³/mol. The molecule has 0 saturated heterocycles. The zero-order chi connectivity index (χ0) is 13.4. The minimum atomic E-state index is 0.200. The Morgan fingerprint density at radius 2 is 2.00 bits per heavy atom. The summed E-state index contributed by atoms with van der Waals surface area (Å²) in [5.41, 5.74) is 1.15. The molecule has 0 spiro atoms. The van der Waals surface area contributed by atoms with E-state index in [2.05, 4.69) is 28.2 Å². The minimum absolute atomic E-state index is 0.200. The fourth-order valence-electron chi connectivity index (χ4n) is 1.51. The molecular formula is C13H20BrNO3.